The molecule has 0 saturated carbocycles. The molecule has 2 fully saturated rings. The summed E-state index contributed by atoms with van der Waals surface area (Å²) in [5, 5.41) is 12.1. The molecule has 2 saturated heterocycles. The number of carboxylic acid groups (broad SMARTS) is 1. The minimum atomic E-state index is -1.46. The van der Waals surface area contributed by atoms with Gasteiger partial charge in [0.25, 0.3) is 0 Å². The van der Waals surface area contributed by atoms with Gasteiger partial charge in [0.2, 0.25) is 0 Å². The van der Waals surface area contributed by atoms with Crippen molar-refractivity contribution in [1.29, 1.82) is 0 Å². The molecule has 6 heteroatoms. The Morgan fingerprint density at radius 2 is 2.10 bits per heavy atom. The van der Waals surface area contributed by atoms with E-state index in [4.69, 9.17) is 5.11 Å². The normalized spacial score (nSPS) is 28.8. The van der Waals surface area contributed by atoms with E-state index in [1.54, 1.807) is 0 Å². The van der Waals surface area contributed by atoms with Crippen molar-refractivity contribution in [3.8, 4) is 0 Å². The molecule has 1 aromatic carbocycles. The zero-order valence-electron chi connectivity index (χ0n) is 11.1. The monoisotopic (exact) mass is 282 g/mol. The summed E-state index contributed by atoms with van der Waals surface area (Å²) in [5.74, 6) is -2.94. The van der Waals surface area contributed by atoms with Crippen molar-refractivity contribution in [3.05, 3.63) is 29.3 Å². The van der Waals surface area contributed by atoms with Gasteiger partial charge in [0.1, 0.15) is 0 Å². The van der Waals surface area contributed by atoms with E-state index < -0.39 is 23.2 Å². The van der Waals surface area contributed by atoms with Gasteiger partial charge in [0.05, 0.1) is 11.3 Å². The Morgan fingerprint density at radius 1 is 1.35 bits per heavy atom. The average molecular weight is 282 g/mol. The van der Waals surface area contributed by atoms with Gasteiger partial charge in [0.15, 0.2) is 11.6 Å². The maximum Gasteiger partial charge on any atom is 0.338 e. The molecule has 2 N–H and O–H groups in total. The molecule has 4 nitrogen and oxygen atoms in total. The van der Waals surface area contributed by atoms with Crippen molar-refractivity contribution in [2.75, 3.05) is 24.5 Å². The quantitative estimate of drug-likeness (QED) is 0.867. The third-order valence-electron chi connectivity index (χ3n) is 4.54. The van der Waals surface area contributed by atoms with Gasteiger partial charge < -0.3 is 15.3 Å². The van der Waals surface area contributed by atoms with Gasteiger partial charge in [-0.1, -0.05) is 0 Å². The van der Waals surface area contributed by atoms with Crippen LogP contribution in [0.15, 0.2) is 12.1 Å². The van der Waals surface area contributed by atoms with E-state index in [0.717, 1.165) is 19.2 Å². The summed E-state index contributed by atoms with van der Waals surface area (Å²) in [6.07, 6.45) is 0. The number of carboxylic acids is 1. The molecule has 2 aliphatic heterocycles. The second kappa shape index (κ2) is 4.70. The second-order valence-electron chi connectivity index (χ2n) is 5.54. The molecule has 0 aromatic heterocycles. The lowest BCUT2D eigenvalue weighted by molar-refractivity contribution is 0.0690. The van der Waals surface area contributed by atoms with Crippen LogP contribution in [-0.2, 0) is 0 Å². The molecule has 0 spiro atoms. The van der Waals surface area contributed by atoms with Gasteiger partial charge in [-0.2, -0.15) is 0 Å². The first kappa shape index (κ1) is 13.3. The number of nitrogens with zero attached hydrogens (tertiary/aromatic N) is 1. The highest BCUT2D eigenvalue weighted by molar-refractivity contribution is 5.88. The fraction of sp³-hybridized carbons (Fsp3) is 0.500. The fourth-order valence-electron chi connectivity index (χ4n) is 3.41. The van der Waals surface area contributed by atoms with Crippen LogP contribution in [0.25, 0.3) is 0 Å². The van der Waals surface area contributed by atoms with Gasteiger partial charge in [-0.3, -0.25) is 0 Å². The zero-order valence-corrected chi connectivity index (χ0v) is 11.1. The van der Waals surface area contributed by atoms with Crippen molar-refractivity contribution in [1.82, 2.24) is 5.32 Å². The lowest BCUT2D eigenvalue weighted by atomic mass is 9.95. The fourth-order valence-corrected chi connectivity index (χ4v) is 3.41. The average Bonchev–Trinajstić information content (AvgIpc) is 2.96. The summed E-state index contributed by atoms with van der Waals surface area (Å²) in [6.45, 7) is 4.45. The predicted octanol–water partition coefficient (Wildman–Crippen LogP) is 1.71. The van der Waals surface area contributed by atoms with Crippen LogP contribution in [0.4, 0.5) is 14.5 Å². The third-order valence-corrected chi connectivity index (χ3v) is 4.54. The summed E-state index contributed by atoms with van der Waals surface area (Å²) in [5.41, 5.74) is -0.464. The standard InChI is InChI=1S/C14H16F2N2O2/c1-7-10-5-17-4-8(10)6-18(7)11-3-2-9(14(19)20)12(15)13(11)16/h2-3,7-8,10,17H,4-6H2,1H3,(H,19,20). The zero-order chi connectivity index (χ0) is 14.4. The van der Waals surface area contributed by atoms with E-state index in [-0.39, 0.29) is 11.7 Å². The summed E-state index contributed by atoms with van der Waals surface area (Å²) in [4.78, 5) is 12.6. The number of anilines is 1. The van der Waals surface area contributed by atoms with E-state index in [1.165, 1.54) is 6.07 Å². The van der Waals surface area contributed by atoms with Gasteiger partial charge in [-0.05, 0) is 30.9 Å². The molecule has 1 aromatic rings. The summed E-state index contributed by atoms with van der Waals surface area (Å²) < 4.78 is 27.9. The molecular weight excluding hydrogens is 266 g/mol. The Balaban J connectivity index is 1.95. The molecule has 3 rings (SSSR count). The van der Waals surface area contributed by atoms with Crippen LogP contribution in [0.2, 0.25) is 0 Å². The summed E-state index contributed by atoms with van der Waals surface area (Å²) in [6, 6.07) is 2.61. The molecule has 0 radical (unpaired) electrons. The van der Waals surface area contributed by atoms with E-state index in [9.17, 15) is 13.6 Å². The van der Waals surface area contributed by atoms with Gasteiger partial charge in [-0.25, -0.2) is 13.6 Å². The van der Waals surface area contributed by atoms with Gasteiger partial charge >= 0.3 is 5.97 Å². The highest BCUT2D eigenvalue weighted by Gasteiger charge is 2.42. The number of halogens is 2. The largest absolute Gasteiger partial charge is 0.478 e. The number of benzene rings is 1. The first-order valence-corrected chi connectivity index (χ1v) is 6.69. The van der Waals surface area contributed by atoms with Gasteiger partial charge in [-0.15, -0.1) is 0 Å². The minimum Gasteiger partial charge on any atom is -0.478 e. The molecule has 3 unspecified atom stereocenters. The molecule has 108 valence electrons. The first-order chi connectivity index (χ1) is 9.50. The number of fused-ring (bicyclic) bond motifs is 1. The molecule has 2 aliphatic rings. The van der Waals surface area contributed by atoms with Crippen molar-refractivity contribution < 1.29 is 18.7 Å². The number of aromatic carboxylic acids is 1. The minimum absolute atomic E-state index is 0.111. The number of hydrogen-bond acceptors (Lipinski definition) is 3. The molecular formula is C14H16F2N2O2. The lowest BCUT2D eigenvalue weighted by Gasteiger charge is -2.27. The molecule has 3 atom stereocenters. The molecule has 0 bridgehead atoms. The van der Waals surface area contributed by atoms with Crippen LogP contribution in [0.5, 0.6) is 0 Å². The van der Waals surface area contributed by atoms with Crippen LogP contribution in [0.1, 0.15) is 17.3 Å². The van der Waals surface area contributed by atoms with Crippen molar-refractivity contribution in [2.24, 2.45) is 11.8 Å². The first-order valence-electron chi connectivity index (χ1n) is 6.69. The van der Waals surface area contributed by atoms with Crippen LogP contribution >= 0.6 is 0 Å². The highest BCUT2D eigenvalue weighted by Crippen LogP contribution is 2.37. The number of nitrogens with one attached hydrogen (secondary N) is 1. The Morgan fingerprint density at radius 3 is 2.75 bits per heavy atom. The van der Waals surface area contributed by atoms with Crippen LogP contribution in [-0.4, -0.2) is 36.8 Å². The topological polar surface area (TPSA) is 52.6 Å². The molecule has 20 heavy (non-hydrogen) atoms. The van der Waals surface area contributed by atoms with E-state index >= 15 is 0 Å². The van der Waals surface area contributed by atoms with E-state index in [0.29, 0.717) is 18.4 Å². The van der Waals surface area contributed by atoms with Crippen LogP contribution < -0.4 is 10.2 Å². The van der Waals surface area contributed by atoms with Gasteiger partial charge in [0, 0.05) is 25.7 Å². The summed E-state index contributed by atoms with van der Waals surface area (Å²) in [7, 11) is 0. The van der Waals surface area contributed by atoms with Crippen molar-refractivity contribution >= 4 is 11.7 Å². The molecule has 0 aliphatic carbocycles. The van der Waals surface area contributed by atoms with Crippen LogP contribution in [0.3, 0.4) is 0 Å². The Labute approximate surface area is 115 Å². The summed E-state index contributed by atoms with van der Waals surface area (Å²) >= 11 is 0. The van der Waals surface area contributed by atoms with Crippen molar-refractivity contribution in [2.45, 2.75) is 13.0 Å². The number of carbonyl (C=O) groups is 1. The third kappa shape index (κ3) is 1.86. The Hall–Kier alpha value is -1.69. The van der Waals surface area contributed by atoms with Crippen molar-refractivity contribution in [3.63, 3.8) is 0 Å². The van der Waals surface area contributed by atoms with E-state index in [1.807, 2.05) is 11.8 Å². The number of hydrogen-bond donors (Lipinski definition) is 2. The molecule has 0 amide bonds. The van der Waals surface area contributed by atoms with E-state index in [2.05, 4.69) is 5.32 Å². The smallest absolute Gasteiger partial charge is 0.338 e. The number of rotatable bonds is 2. The second-order valence-corrected chi connectivity index (χ2v) is 5.54. The maximum atomic E-state index is 14.1. The highest BCUT2D eigenvalue weighted by atomic mass is 19.2. The maximum absolute atomic E-state index is 14.1. The predicted molar refractivity (Wildman–Crippen MR) is 70.0 cm³/mol. The Kier molecular flexibility index (Phi) is 3.12. The lowest BCUT2D eigenvalue weighted by Crippen LogP contribution is -2.34. The molecule has 2 heterocycles. The van der Waals surface area contributed by atoms with Crippen LogP contribution in [0, 0.1) is 23.5 Å². The SMILES string of the molecule is CC1C2CNCC2CN1c1ccc(C(=O)O)c(F)c1F. The Bertz CT molecular complexity index is 564.